The number of rotatable bonds is 18. The molecule has 0 bridgehead atoms. The fourth-order valence-corrected chi connectivity index (χ4v) is 10.2. The predicted octanol–water partition coefficient (Wildman–Crippen LogP) is 17.2. The van der Waals surface area contributed by atoms with Gasteiger partial charge in [0, 0.05) is 151 Å². The van der Waals surface area contributed by atoms with E-state index in [1.807, 2.05) is 13.1 Å². The number of piperazine rings is 1. The normalized spacial score (nSPS) is 17.1. The molecule has 614 valence electrons. The highest BCUT2D eigenvalue weighted by Gasteiger charge is 2.18. The van der Waals surface area contributed by atoms with Gasteiger partial charge in [-0.2, -0.15) is 10.1 Å². The van der Waals surface area contributed by atoms with Crippen LogP contribution < -0.4 is 4.90 Å². The van der Waals surface area contributed by atoms with E-state index in [-0.39, 0.29) is 0 Å². The van der Waals surface area contributed by atoms with Crippen LogP contribution in [0, 0.1) is 0 Å². The summed E-state index contributed by atoms with van der Waals surface area (Å²) in [5.74, 6) is 0. The maximum Gasteiger partial charge on any atom is 0.0685 e. The molecule has 6 fully saturated rings. The van der Waals surface area contributed by atoms with Crippen LogP contribution in [0.5, 0.6) is 0 Å². The van der Waals surface area contributed by atoms with Gasteiger partial charge in [-0.3, -0.25) is 19.5 Å². The molecule has 0 spiro atoms. The summed E-state index contributed by atoms with van der Waals surface area (Å²) >= 11 is 0. The molecule has 6 heterocycles. The summed E-state index contributed by atoms with van der Waals surface area (Å²) in [5.41, 5.74) is 2.66. The first kappa shape index (κ1) is 107. The second-order valence-electron chi connectivity index (χ2n) is 32.9. The van der Waals surface area contributed by atoms with Gasteiger partial charge in [-0.05, 0) is 331 Å². The first-order valence-corrected chi connectivity index (χ1v) is 41.4. The highest BCUT2D eigenvalue weighted by atomic mass is 16.7. The van der Waals surface area contributed by atoms with Crippen LogP contribution >= 0.6 is 0 Å². The topological polar surface area (TPSA) is 69.8 Å². The Hall–Kier alpha value is -2.36. The summed E-state index contributed by atoms with van der Waals surface area (Å²) in [5, 5.41) is 3.85. The summed E-state index contributed by atoms with van der Waals surface area (Å²) in [4.78, 5) is 36.5. The van der Waals surface area contributed by atoms with Crippen molar-refractivity contribution in [2.45, 2.75) is 323 Å². The van der Waals surface area contributed by atoms with E-state index in [9.17, 15) is 0 Å². The number of ether oxygens (including phenoxy) is 1. The fraction of sp³-hybridized carbons (Fsp3) is 0.862. The van der Waals surface area contributed by atoms with E-state index in [0.717, 1.165) is 76.7 Å². The number of hydrogen-bond acceptors (Lipinski definition) is 16. The molecule has 103 heavy (non-hydrogen) atoms. The summed E-state index contributed by atoms with van der Waals surface area (Å²) in [7, 11) is 18.5. The highest BCUT2D eigenvalue weighted by molar-refractivity contribution is 5.45. The second-order valence-corrected chi connectivity index (χ2v) is 32.9. The summed E-state index contributed by atoms with van der Waals surface area (Å²) in [6.45, 7) is 80.8. The van der Waals surface area contributed by atoms with Crippen LogP contribution in [0.4, 0.5) is 5.69 Å². The molecule has 0 radical (unpaired) electrons. The fourth-order valence-electron chi connectivity index (χ4n) is 10.2. The third-order valence-electron chi connectivity index (χ3n) is 20.4. The summed E-state index contributed by atoms with van der Waals surface area (Å²) in [6.07, 6.45) is 11.0. The molecule has 0 N–H and O–H groups in total. The second kappa shape index (κ2) is 66.6. The molecule has 0 aliphatic carbocycles. The van der Waals surface area contributed by atoms with E-state index >= 15 is 0 Å². The maximum atomic E-state index is 5.37. The molecule has 6 aliphatic heterocycles. The lowest BCUT2D eigenvalue weighted by Crippen LogP contribution is -2.47. The molecule has 6 saturated heterocycles. The Labute approximate surface area is 645 Å². The van der Waals surface area contributed by atoms with E-state index in [1.54, 1.807) is 12.2 Å². The van der Waals surface area contributed by atoms with E-state index in [1.165, 1.54) is 128 Å². The van der Waals surface area contributed by atoms with Gasteiger partial charge in [0.25, 0.3) is 0 Å². The first-order chi connectivity index (χ1) is 48.2. The van der Waals surface area contributed by atoms with Gasteiger partial charge in [0.15, 0.2) is 0 Å². The zero-order valence-electron chi connectivity index (χ0n) is 75.7. The summed E-state index contributed by atoms with van der Waals surface area (Å²) < 4.78 is 5.21. The Bertz CT molecular complexity index is 1930. The standard InChI is InChI=1S/C11H17N.C10H15N.C8H18N2.C8H17N.2C7H15NO.C7H15N.C7H17N.C6H13N.C6H15N.C5H13NO.C5H13N/c1-10(2)12(3)9-11-7-5-4-6-8-11;1-9(2)11(3)10-7-5-4-6-8-10;1-8(2)10-6-4-9(3)5-7-10;1-8(2)9-6-4-3-5-7-9;1-7(2)8-3-5-9-6-4-8;1-7(2)8-5-3-4-6-9-8;1-7(2)8-5-3-4-6-8;1-6(2)8(5)7(3)4;1-6(2)7-4-3-5-7;1-5-7(4)6(2)3;1-5(2)6(3)7-4;1-5(2)6(3)4/h4-8,10H,9H2,1-3H3;4-9H,1-3H3;8H,4-7H2,1-3H3;8H,3-7H2,1-2H3;2*7H,3-6H2,1-2H3;7H,3-6H2,1-2H3;6-7H,1-5H3;6H,3-5H2,1-2H3;6H,5H2,1-4H3;5H,1-4H3;5H,1-4H3. The maximum absolute atomic E-state index is 5.37. The third kappa shape index (κ3) is 61.1. The Kier molecular flexibility index (Phi) is 69.2. The van der Waals surface area contributed by atoms with E-state index < -0.39 is 0 Å². The van der Waals surface area contributed by atoms with Crippen LogP contribution in [0.2, 0.25) is 0 Å². The molecule has 16 heteroatoms. The van der Waals surface area contributed by atoms with Crippen molar-refractivity contribution in [1.82, 2.24) is 59.1 Å². The number of benzene rings is 2. The monoisotopic (exact) mass is 1460 g/mol. The molecule has 0 amide bonds. The quantitative estimate of drug-likeness (QED) is 0.133. The minimum Gasteiger partial charge on any atom is -0.379 e. The molecule has 2 aromatic carbocycles. The Balaban J connectivity index is -0.000000522. The van der Waals surface area contributed by atoms with E-state index in [2.05, 4.69) is 350 Å². The highest BCUT2D eigenvalue weighted by Crippen LogP contribution is 2.15. The number of hydrogen-bond donors (Lipinski definition) is 0. The van der Waals surface area contributed by atoms with Gasteiger partial charge >= 0.3 is 0 Å². The molecule has 0 unspecified atom stereocenters. The van der Waals surface area contributed by atoms with Gasteiger partial charge in [0.2, 0.25) is 0 Å². The van der Waals surface area contributed by atoms with Crippen molar-refractivity contribution < 1.29 is 14.4 Å². The molecule has 8 rings (SSSR count). The number of morpholine rings is 1. The zero-order valence-corrected chi connectivity index (χ0v) is 75.7. The predicted molar refractivity (Wildman–Crippen MR) is 460 cm³/mol. The van der Waals surface area contributed by atoms with Crippen LogP contribution in [-0.2, 0) is 21.0 Å². The Morgan fingerprint density at radius 1 is 0.359 bits per heavy atom. The van der Waals surface area contributed by atoms with Crippen molar-refractivity contribution >= 4 is 5.69 Å². The molecular weight excluding hydrogens is 1280 g/mol. The van der Waals surface area contributed by atoms with Crippen LogP contribution in [0.3, 0.4) is 0 Å². The Morgan fingerprint density at radius 2 is 0.718 bits per heavy atom. The van der Waals surface area contributed by atoms with Crippen molar-refractivity contribution in [2.75, 3.05) is 180 Å². The van der Waals surface area contributed by atoms with E-state index in [0.29, 0.717) is 54.4 Å². The number of nitrogens with zero attached hydrogens (tertiary/aromatic N) is 13. The number of hydroxylamine groups is 4. The number of piperidine rings is 1. The minimum absolute atomic E-state index is 0.477. The molecular formula is C87H183N13O3. The summed E-state index contributed by atoms with van der Waals surface area (Å²) in [6, 6.07) is 29.7. The molecule has 0 atom stereocenters. The van der Waals surface area contributed by atoms with Gasteiger partial charge in [-0.15, -0.1) is 0 Å². The van der Waals surface area contributed by atoms with Crippen LogP contribution in [-0.4, -0.2) is 313 Å². The number of likely N-dealkylation sites (tertiary alicyclic amines) is 3. The molecule has 16 nitrogen and oxygen atoms in total. The first-order valence-electron chi connectivity index (χ1n) is 41.4. The van der Waals surface area contributed by atoms with Crippen LogP contribution in [0.25, 0.3) is 0 Å². The SMILES string of the molecule is CC(C)N(C)C.CC(C)N(C)C(C)C.CC(C)N(C)Cc1ccccc1.CC(C)N(C)c1ccccc1.CC(C)N1CCC1.CC(C)N1CCCC1.CC(C)N1CCCCC1.CC(C)N1CCCCO1.CC(C)N1CCN(C)CC1.CC(C)N1CCOCC1.CCN(C)C(C)C.CON(C)C(C)C. The van der Waals surface area contributed by atoms with Crippen LogP contribution in [0.15, 0.2) is 60.7 Å². The van der Waals surface area contributed by atoms with Crippen LogP contribution in [0.1, 0.15) is 244 Å². The largest absolute Gasteiger partial charge is 0.379 e. The van der Waals surface area contributed by atoms with Gasteiger partial charge in [0.1, 0.15) is 0 Å². The molecule has 6 aliphatic rings. The van der Waals surface area contributed by atoms with Gasteiger partial charge in [-0.25, -0.2) is 0 Å². The lowest BCUT2D eigenvalue weighted by atomic mass is 10.1. The molecule has 0 aromatic heterocycles. The van der Waals surface area contributed by atoms with Gasteiger partial charge in [-0.1, -0.05) is 61.9 Å². The van der Waals surface area contributed by atoms with Crippen molar-refractivity contribution in [3.63, 3.8) is 0 Å². The third-order valence-corrected chi connectivity index (χ3v) is 20.4. The lowest BCUT2D eigenvalue weighted by molar-refractivity contribution is -0.199. The van der Waals surface area contributed by atoms with Gasteiger partial charge < -0.3 is 48.8 Å². The lowest BCUT2D eigenvalue weighted by Gasteiger charge is -2.34. The van der Waals surface area contributed by atoms with Crippen molar-refractivity contribution in [3.8, 4) is 0 Å². The average molecular weight is 1460 g/mol. The zero-order chi connectivity index (χ0) is 79.7. The van der Waals surface area contributed by atoms with E-state index in [4.69, 9.17) is 14.4 Å². The van der Waals surface area contributed by atoms with Gasteiger partial charge in [0.05, 0.1) is 26.9 Å². The molecule has 0 saturated carbocycles. The van der Waals surface area contributed by atoms with Crippen molar-refractivity contribution in [3.05, 3.63) is 66.2 Å². The number of anilines is 1. The average Bonchev–Trinajstić information content (AvgIpc) is 1.62. The van der Waals surface area contributed by atoms with Crippen molar-refractivity contribution in [1.29, 1.82) is 0 Å². The number of para-hydroxylation sites is 1. The molecule has 2 aromatic rings. The van der Waals surface area contributed by atoms with Crippen molar-refractivity contribution in [2.24, 2.45) is 0 Å². The minimum atomic E-state index is 0.477. The smallest absolute Gasteiger partial charge is 0.0685 e. The Morgan fingerprint density at radius 3 is 0.951 bits per heavy atom. The number of likely N-dealkylation sites (N-methyl/N-ethyl adjacent to an activating group) is 1.